The quantitative estimate of drug-likeness (QED) is 0.516. The van der Waals surface area contributed by atoms with Gasteiger partial charge in [0.2, 0.25) is 0 Å². The van der Waals surface area contributed by atoms with Crippen molar-refractivity contribution >= 4 is 40.8 Å². The Morgan fingerprint density at radius 2 is 1.95 bits per heavy atom. The van der Waals surface area contributed by atoms with E-state index in [1.54, 1.807) is 5.38 Å². The number of nitrogen functional groups attached to an aromatic ring is 1. The number of hydrogen-bond acceptors (Lipinski definition) is 6. The summed E-state index contributed by atoms with van der Waals surface area (Å²) in [5.41, 5.74) is 4.83. The van der Waals surface area contributed by atoms with Gasteiger partial charge in [-0.05, 0) is 5.56 Å². The largest absolute Gasteiger partial charge is 0.289 e. The minimum Gasteiger partial charge on any atom is -0.289 e. The fraction of sp³-hybridized carbons (Fsp3) is 0.231. The monoisotopic (exact) mass is 323 g/mol. The number of hydrazine groups is 1. The molecule has 0 bridgehead atoms. The lowest BCUT2D eigenvalue weighted by Gasteiger charge is -2.08. The van der Waals surface area contributed by atoms with E-state index in [1.807, 2.05) is 23.5 Å². The molecule has 0 spiro atoms. The minimum absolute atomic E-state index is 0.358. The van der Waals surface area contributed by atoms with E-state index in [-0.39, 0.29) is 5.91 Å². The second-order valence-electron chi connectivity index (χ2n) is 4.21. The topological polar surface area (TPSA) is 68.0 Å². The third-order valence-corrected chi connectivity index (χ3v) is 6.92. The average molecular weight is 323 g/mol. The summed E-state index contributed by atoms with van der Waals surface area (Å²) >= 11 is 5.43. The lowest BCUT2D eigenvalue weighted by molar-refractivity contribution is 0.0949. The molecule has 0 radical (unpaired) electrons. The van der Waals surface area contributed by atoms with Crippen LogP contribution in [0.25, 0.3) is 10.6 Å². The third-order valence-electron chi connectivity index (χ3n) is 2.92. The predicted molar refractivity (Wildman–Crippen MR) is 86.9 cm³/mol. The number of rotatable bonds is 3. The van der Waals surface area contributed by atoms with E-state index in [9.17, 15) is 4.79 Å². The van der Waals surface area contributed by atoms with Gasteiger partial charge in [0.25, 0.3) is 5.91 Å². The molecule has 0 atom stereocenters. The van der Waals surface area contributed by atoms with Gasteiger partial charge in [-0.15, -0.1) is 34.9 Å². The van der Waals surface area contributed by atoms with E-state index >= 15 is 0 Å². The molecule has 4 nitrogen and oxygen atoms in total. The Balaban J connectivity index is 1.80. The summed E-state index contributed by atoms with van der Waals surface area (Å²) in [6.45, 7) is 0. The van der Waals surface area contributed by atoms with E-state index in [0.29, 0.717) is 10.3 Å². The first-order valence-corrected chi connectivity index (χ1v) is 9.05. The standard InChI is InChI=1S/C13H13N3OS3/c14-16-11(17)10-7-20-12(15-10)8-1-3-9(4-2-8)13-18-5-6-19-13/h1-4,7,13H,5-6,14H2,(H,16,17). The van der Waals surface area contributed by atoms with Gasteiger partial charge in [0.15, 0.2) is 0 Å². The van der Waals surface area contributed by atoms with Crippen molar-refractivity contribution in [2.75, 3.05) is 11.5 Å². The van der Waals surface area contributed by atoms with Crippen LogP contribution in [0.4, 0.5) is 0 Å². The van der Waals surface area contributed by atoms with Crippen molar-refractivity contribution in [3.8, 4) is 10.6 Å². The van der Waals surface area contributed by atoms with Crippen LogP contribution in [0.15, 0.2) is 29.6 Å². The number of thiazole rings is 1. The molecule has 1 aliphatic heterocycles. The number of nitrogens with zero attached hydrogens (tertiary/aromatic N) is 1. The molecule has 0 unspecified atom stereocenters. The smallest absolute Gasteiger partial charge is 0.284 e. The van der Waals surface area contributed by atoms with Crippen molar-refractivity contribution < 1.29 is 4.79 Å². The number of nitrogens with two attached hydrogens (primary N) is 1. The van der Waals surface area contributed by atoms with Crippen LogP contribution in [0.3, 0.4) is 0 Å². The first-order valence-electron chi connectivity index (χ1n) is 6.08. The molecule has 2 aromatic rings. The van der Waals surface area contributed by atoms with E-state index < -0.39 is 0 Å². The Morgan fingerprint density at radius 3 is 2.60 bits per heavy atom. The number of amides is 1. The Bertz CT molecular complexity index is 606. The predicted octanol–water partition coefficient (Wildman–Crippen LogP) is 2.89. The molecule has 2 heterocycles. The third kappa shape index (κ3) is 2.85. The van der Waals surface area contributed by atoms with E-state index in [4.69, 9.17) is 5.84 Å². The molecule has 0 aliphatic carbocycles. The Hall–Kier alpha value is -1.02. The molecule has 0 saturated carbocycles. The average Bonchev–Trinajstić information content (AvgIpc) is 3.18. The normalized spacial score (nSPS) is 15.4. The van der Waals surface area contributed by atoms with Crippen LogP contribution in [0, 0.1) is 0 Å². The molecule has 1 aromatic carbocycles. The van der Waals surface area contributed by atoms with Crippen molar-refractivity contribution in [2.45, 2.75) is 4.58 Å². The summed E-state index contributed by atoms with van der Waals surface area (Å²) in [5.74, 6) is 7.19. The van der Waals surface area contributed by atoms with E-state index in [1.165, 1.54) is 28.4 Å². The first-order chi connectivity index (χ1) is 9.78. The number of aromatic nitrogens is 1. The van der Waals surface area contributed by atoms with Crippen LogP contribution in [0.1, 0.15) is 20.6 Å². The molecule has 7 heteroatoms. The molecule has 3 N–H and O–H groups in total. The number of thioether (sulfide) groups is 2. The van der Waals surface area contributed by atoms with Gasteiger partial charge in [-0.1, -0.05) is 24.3 Å². The van der Waals surface area contributed by atoms with Crippen molar-refractivity contribution in [3.63, 3.8) is 0 Å². The van der Waals surface area contributed by atoms with Crippen molar-refractivity contribution in [2.24, 2.45) is 5.84 Å². The number of carbonyl (C=O) groups is 1. The van der Waals surface area contributed by atoms with Gasteiger partial charge in [-0.3, -0.25) is 10.2 Å². The van der Waals surface area contributed by atoms with Crippen LogP contribution in [-0.4, -0.2) is 22.4 Å². The lowest BCUT2D eigenvalue weighted by Crippen LogP contribution is -2.30. The first kappa shape index (κ1) is 13.9. The highest BCUT2D eigenvalue weighted by Crippen LogP contribution is 2.45. The van der Waals surface area contributed by atoms with Gasteiger partial charge in [0, 0.05) is 22.4 Å². The van der Waals surface area contributed by atoms with Crippen LogP contribution >= 0.6 is 34.9 Å². The summed E-state index contributed by atoms with van der Waals surface area (Å²) < 4.78 is 0.555. The maximum absolute atomic E-state index is 11.4. The maximum atomic E-state index is 11.4. The molecule has 20 heavy (non-hydrogen) atoms. The second-order valence-corrected chi connectivity index (χ2v) is 7.79. The maximum Gasteiger partial charge on any atom is 0.284 e. The SMILES string of the molecule is NNC(=O)c1csc(-c2ccc(C3SCCS3)cc2)n1. The molecule has 3 rings (SSSR count). The van der Waals surface area contributed by atoms with E-state index in [0.717, 1.165) is 10.6 Å². The molecular weight excluding hydrogens is 310 g/mol. The lowest BCUT2D eigenvalue weighted by atomic mass is 10.1. The van der Waals surface area contributed by atoms with Gasteiger partial charge >= 0.3 is 0 Å². The highest BCUT2D eigenvalue weighted by Gasteiger charge is 2.18. The van der Waals surface area contributed by atoms with Gasteiger partial charge in [0.1, 0.15) is 10.7 Å². The summed E-state index contributed by atoms with van der Waals surface area (Å²) in [4.78, 5) is 15.7. The van der Waals surface area contributed by atoms with Gasteiger partial charge in [-0.25, -0.2) is 10.8 Å². The number of benzene rings is 1. The summed E-state index contributed by atoms with van der Waals surface area (Å²) in [5, 5.41) is 2.55. The zero-order valence-electron chi connectivity index (χ0n) is 10.5. The highest BCUT2D eigenvalue weighted by molar-refractivity contribution is 8.19. The summed E-state index contributed by atoms with van der Waals surface area (Å²) in [6.07, 6.45) is 0. The zero-order chi connectivity index (χ0) is 13.9. The Kier molecular flexibility index (Phi) is 4.30. The molecule has 1 amide bonds. The van der Waals surface area contributed by atoms with Crippen molar-refractivity contribution in [3.05, 3.63) is 40.9 Å². The fourth-order valence-corrected chi connectivity index (χ4v) is 5.58. The number of nitrogens with one attached hydrogen (secondary N) is 1. The van der Waals surface area contributed by atoms with Crippen LogP contribution < -0.4 is 11.3 Å². The minimum atomic E-state index is -0.358. The van der Waals surface area contributed by atoms with Crippen molar-refractivity contribution in [1.29, 1.82) is 0 Å². The Labute approximate surface area is 129 Å². The molecule has 104 valence electrons. The van der Waals surface area contributed by atoms with Gasteiger partial charge in [0.05, 0.1) is 4.58 Å². The summed E-state index contributed by atoms with van der Waals surface area (Å²) in [7, 11) is 0. The Morgan fingerprint density at radius 1 is 1.25 bits per heavy atom. The number of hydrogen-bond donors (Lipinski definition) is 2. The second kappa shape index (κ2) is 6.17. The highest BCUT2D eigenvalue weighted by atomic mass is 32.2. The van der Waals surface area contributed by atoms with Gasteiger partial charge in [-0.2, -0.15) is 0 Å². The summed E-state index contributed by atoms with van der Waals surface area (Å²) in [6, 6.07) is 8.43. The van der Waals surface area contributed by atoms with E-state index in [2.05, 4.69) is 34.7 Å². The van der Waals surface area contributed by atoms with Crippen LogP contribution in [-0.2, 0) is 0 Å². The van der Waals surface area contributed by atoms with Crippen LogP contribution in [0.2, 0.25) is 0 Å². The number of carbonyl (C=O) groups excluding carboxylic acids is 1. The van der Waals surface area contributed by atoms with Crippen molar-refractivity contribution in [1.82, 2.24) is 10.4 Å². The molecule has 1 fully saturated rings. The molecular formula is C13H13N3OS3. The van der Waals surface area contributed by atoms with Crippen LogP contribution in [0.5, 0.6) is 0 Å². The van der Waals surface area contributed by atoms with Gasteiger partial charge < -0.3 is 0 Å². The molecule has 1 aromatic heterocycles. The zero-order valence-corrected chi connectivity index (χ0v) is 13.0. The fourth-order valence-electron chi connectivity index (χ4n) is 1.92. The molecule has 1 aliphatic rings. The molecule has 1 saturated heterocycles.